The van der Waals surface area contributed by atoms with Crippen molar-refractivity contribution in [2.75, 3.05) is 22.3 Å². The van der Waals surface area contributed by atoms with Crippen LogP contribution >= 0.6 is 0 Å². The number of carbonyl (C=O) groups excluding carboxylic acids is 2. The molecule has 0 saturated heterocycles. The largest absolute Gasteiger partial charge is 0.343 e. The van der Waals surface area contributed by atoms with E-state index >= 15 is 0 Å². The molecule has 0 aromatic heterocycles. The molecule has 0 aliphatic rings. The van der Waals surface area contributed by atoms with E-state index in [0.29, 0.717) is 23.0 Å². The second-order valence-corrected chi connectivity index (χ2v) is 7.90. The highest BCUT2D eigenvalue weighted by atomic mass is 32.2. The van der Waals surface area contributed by atoms with Crippen LogP contribution in [-0.4, -0.2) is 32.5 Å². The molecule has 0 spiro atoms. The van der Waals surface area contributed by atoms with Crippen LogP contribution in [0.3, 0.4) is 0 Å². The van der Waals surface area contributed by atoms with E-state index in [1.165, 1.54) is 19.1 Å². The first-order valence-electron chi connectivity index (χ1n) is 8.25. The van der Waals surface area contributed by atoms with E-state index in [2.05, 4.69) is 15.4 Å². The van der Waals surface area contributed by atoms with Crippen LogP contribution in [0.5, 0.6) is 0 Å². The van der Waals surface area contributed by atoms with Gasteiger partial charge in [0.2, 0.25) is 15.9 Å². The fourth-order valence-corrected chi connectivity index (χ4v) is 2.94. The van der Waals surface area contributed by atoms with Crippen molar-refractivity contribution in [2.24, 2.45) is 0 Å². The first-order valence-corrected chi connectivity index (χ1v) is 9.90. The summed E-state index contributed by atoms with van der Waals surface area (Å²) < 4.78 is 52.1. The molecule has 2 rings (SSSR count). The van der Waals surface area contributed by atoms with Gasteiger partial charge in [-0.15, -0.1) is 0 Å². The molecule has 0 bridgehead atoms. The zero-order chi connectivity index (χ0) is 20.9. The Morgan fingerprint density at radius 3 is 2.39 bits per heavy atom. The monoisotopic (exact) mass is 411 g/mol. The van der Waals surface area contributed by atoms with E-state index < -0.39 is 40.0 Å². The van der Waals surface area contributed by atoms with Gasteiger partial charge in [-0.3, -0.25) is 14.3 Å². The number of halogens is 2. The molecule has 2 aromatic carbocycles. The lowest BCUT2D eigenvalue weighted by Gasteiger charge is -2.12. The molecule has 28 heavy (non-hydrogen) atoms. The lowest BCUT2D eigenvalue weighted by atomic mass is 10.2. The van der Waals surface area contributed by atoms with Gasteiger partial charge >= 0.3 is 0 Å². The SMILES string of the molecule is CCS(=O)(=O)Nc1ccc(NC(=O)CNC(=O)c2ccc(F)cc2F)cc1C. The Labute approximate surface area is 161 Å². The summed E-state index contributed by atoms with van der Waals surface area (Å²) in [6.07, 6.45) is 0. The Hall–Kier alpha value is -3.01. The number of hydrogen-bond donors (Lipinski definition) is 3. The molecule has 0 atom stereocenters. The second-order valence-electron chi connectivity index (χ2n) is 5.89. The summed E-state index contributed by atoms with van der Waals surface area (Å²) in [4.78, 5) is 23.8. The van der Waals surface area contributed by atoms with Gasteiger partial charge in [0.15, 0.2) is 0 Å². The lowest BCUT2D eigenvalue weighted by molar-refractivity contribution is -0.115. The average molecular weight is 411 g/mol. The highest BCUT2D eigenvalue weighted by molar-refractivity contribution is 7.92. The quantitative estimate of drug-likeness (QED) is 0.651. The molecule has 0 heterocycles. The molecule has 0 aliphatic carbocycles. The van der Waals surface area contributed by atoms with Gasteiger partial charge in [-0.05, 0) is 49.7 Å². The zero-order valence-corrected chi connectivity index (χ0v) is 16.0. The van der Waals surface area contributed by atoms with E-state index in [-0.39, 0.29) is 11.3 Å². The van der Waals surface area contributed by atoms with Gasteiger partial charge in [0.05, 0.1) is 23.5 Å². The van der Waals surface area contributed by atoms with Crippen LogP contribution in [0, 0.1) is 18.6 Å². The summed E-state index contributed by atoms with van der Waals surface area (Å²) in [6, 6.07) is 7.07. The van der Waals surface area contributed by atoms with Crippen molar-refractivity contribution in [1.82, 2.24) is 5.32 Å². The van der Waals surface area contributed by atoms with E-state index in [1.807, 2.05) is 0 Å². The number of aryl methyl sites for hydroxylation is 1. The first kappa shape index (κ1) is 21.3. The van der Waals surface area contributed by atoms with Crippen LogP contribution in [-0.2, 0) is 14.8 Å². The molecule has 0 unspecified atom stereocenters. The third kappa shape index (κ3) is 5.74. The Balaban J connectivity index is 1.96. The third-order valence-electron chi connectivity index (χ3n) is 3.74. The van der Waals surface area contributed by atoms with E-state index in [9.17, 15) is 26.8 Å². The van der Waals surface area contributed by atoms with Crippen LogP contribution in [0.4, 0.5) is 20.2 Å². The molecule has 7 nitrogen and oxygen atoms in total. The number of carbonyl (C=O) groups is 2. The number of amides is 2. The van der Waals surface area contributed by atoms with Crippen molar-refractivity contribution >= 4 is 33.2 Å². The number of sulfonamides is 1. The smallest absolute Gasteiger partial charge is 0.254 e. The topological polar surface area (TPSA) is 104 Å². The Bertz CT molecular complexity index is 1010. The van der Waals surface area contributed by atoms with Crippen LogP contribution in [0.2, 0.25) is 0 Å². The highest BCUT2D eigenvalue weighted by Crippen LogP contribution is 2.20. The van der Waals surface area contributed by atoms with E-state index in [0.717, 1.165) is 12.1 Å². The van der Waals surface area contributed by atoms with Crippen LogP contribution in [0.25, 0.3) is 0 Å². The van der Waals surface area contributed by atoms with Gasteiger partial charge in [0.25, 0.3) is 5.91 Å². The van der Waals surface area contributed by atoms with Crippen molar-refractivity contribution in [3.63, 3.8) is 0 Å². The normalized spacial score (nSPS) is 11.0. The molecule has 0 saturated carbocycles. The van der Waals surface area contributed by atoms with Crippen molar-refractivity contribution in [2.45, 2.75) is 13.8 Å². The first-order chi connectivity index (χ1) is 13.1. The van der Waals surface area contributed by atoms with Gasteiger partial charge in [-0.2, -0.15) is 0 Å². The van der Waals surface area contributed by atoms with E-state index in [1.54, 1.807) is 13.0 Å². The summed E-state index contributed by atoms with van der Waals surface area (Å²) in [5, 5.41) is 4.77. The summed E-state index contributed by atoms with van der Waals surface area (Å²) in [6.45, 7) is 2.75. The van der Waals surface area contributed by atoms with Crippen molar-refractivity contribution in [3.8, 4) is 0 Å². The predicted molar refractivity (Wildman–Crippen MR) is 102 cm³/mol. The standard InChI is InChI=1S/C18H19F2N3O4S/c1-3-28(26,27)23-16-7-5-13(8-11(16)2)22-17(24)10-21-18(25)14-6-4-12(19)9-15(14)20/h4-9,23H,3,10H2,1-2H3,(H,21,25)(H,22,24). The minimum absolute atomic E-state index is 0.0702. The minimum atomic E-state index is -3.42. The lowest BCUT2D eigenvalue weighted by Crippen LogP contribution is -2.33. The van der Waals surface area contributed by atoms with Gasteiger partial charge in [0.1, 0.15) is 11.6 Å². The van der Waals surface area contributed by atoms with Gasteiger partial charge in [0, 0.05) is 11.8 Å². The Morgan fingerprint density at radius 1 is 1.07 bits per heavy atom. The number of rotatable bonds is 7. The summed E-state index contributed by atoms with van der Waals surface area (Å²) in [5.74, 6) is -3.34. The van der Waals surface area contributed by atoms with Crippen molar-refractivity contribution in [1.29, 1.82) is 0 Å². The molecule has 0 radical (unpaired) electrons. The van der Waals surface area contributed by atoms with Crippen LogP contribution < -0.4 is 15.4 Å². The number of benzene rings is 2. The maximum Gasteiger partial charge on any atom is 0.254 e. The third-order valence-corrected chi connectivity index (χ3v) is 5.03. The molecular formula is C18H19F2N3O4S. The molecule has 3 N–H and O–H groups in total. The van der Waals surface area contributed by atoms with Gasteiger partial charge < -0.3 is 10.6 Å². The molecule has 2 aromatic rings. The fourth-order valence-electron chi connectivity index (χ4n) is 2.23. The molecule has 0 aliphatic heterocycles. The van der Waals surface area contributed by atoms with Gasteiger partial charge in [-0.25, -0.2) is 17.2 Å². The van der Waals surface area contributed by atoms with Crippen molar-refractivity contribution < 1.29 is 26.8 Å². The summed E-state index contributed by atoms with van der Waals surface area (Å²) in [7, 11) is -3.42. The maximum atomic E-state index is 13.5. The molecule has 150 valence electrons. The molecule has 10 heteroatoms. The van der Waals surface area contributed by atoms with Crippen LogP contribution in [0.1, 0.15) is 22.8 Å². The summed E-state index contributed by atoms with van der Waals surface area (Å²) >= 11 is 0. The zero-order valence-electron chi connectivity index (χ0n) is 15.2. The Morgan fingerprint density at radius 2 is 1.79 bits per heavy atom. The van der Waals surface area contributed by atoms with E-state index in [4.69, 9.17) is 0 Å². The van der Waals surface area contributed by atoms with Gasteiger partial charge in [-0.1, -0.05) is 0 Å². The average Bonchev–Trinajstić information content (AvgIpc) is 2.62. The number of anilines is 2. The number of nitrogens with one attached hydrogen (secondary N) is 3. The van der Waals surface area contributed by atoms with Crippen molar-refractivity contribution in [3.05, 3.63) is 59.2 Å². The highest BCUT2D eigenvalue weighted by Gasteiger charge is 2.14. The Kier molecular flexibility index (Phi) is 6.68. The molecular weight excluding hydrogens is 392 g/mol. The number of hydrogen-bond acceptors (Lipinski definition) is 4. The molecule has 2 amide bonds. The fraction of sp³-hybridized carbons (Fsp3) is 0.222. The second kappa shape index (κ2) is 8.79. The van der Waals surface area contributed by atoms with Crippen LogP contribution in [0.15, 0.2) is 36.4 Å². The predicted octanol–water partition coefficient (Wildman–Crippen LogP) is 2.40. The maximum absolute atomic E-state index is 13.5. The summed E-state index contributed by atoms with van der Waals surface area (Å²) in [5.41, 5.74) is 0.994. The minimum Gasteiger partial charge on any atom is -0.343 e. The molecule has 0 fully saturated rings.